The van der Waals surface area contributed by atoms with Crippen LogP contribution >= 0.6 is 11.6 Å². The molecule has 4 heteroatoms. The number of halogens is 1. The minimum Gasteiger partial charge on any atom is -0.467 e. The van der Waals surface area contributed by atoms with Gasteiger partial charge in [-0.3, -0.25) is 0 Å². The zero-order chi connectivity index (χ0) is 12.0. The van der Waals surface area contributed by atoms with Gasteiger partial charge in [0.1, 0.15) is 5.75 Å². The summed E-state index contributed by atoms with van der Waals surface area (Å²) in [4.78, 5) is 0. The van der Waals surface area contributed by atoms with E-state index in [0.29, 0.717) is 11.6 Å². The van der Waals surface area contributed by atoms with Crippen LogP contribution in [0.15, 0.2) is 18.2 Å². The topological polar surface area (TPSA) is 30.5 Å². The lowest BCUT2D eigenvalue weighted by atomic mass is 10.1. The smallest absolute Gasteiger partial charge is 0.189 e. The first-order valence-electron chi connectivity index (χ1n) is 5.36. The zero-order valence-corrected chi connectivity index (χ0v) is 10.7. The number of hydrogen-bond donors (Lipinski definition) is 1. The van der Waals surface area contributed by atoms with E-state index in [9.17, 15) is 0 Å². The molecule has 0 amide bonds. The Kier molecular flexibility index (Phi) is 5.60. The standard InChI is InChI=1S/C12H18ClNO2/c1-4-15-8-16-12-6-5-10(13)7-11(12)9(2)14-3/h5-7,9,14H,4,8H2,1-3H3. The quantitative estimate of drug-likeness (QED) is 0.616. The molecular weight excluding hydrogens is 226 g/mol. The highest BCUT2D eigenvalue weighted by atomic mass is 35.5. The monoisotopic (exact) mass is 243 g/mol. The van der Waals surface area contributed by atoms with Gasteiger partial charge in [0, 0.05) is 23.2 Å². The Balaban J connectivity index is 2.80. The molecule has 0 aliphatic rings. The fourth-order valence-electron chi connectivity index (χ4n) is 1.33. The predicted molar refractivity (Wildman–Crippen MR) is 66.0 cm³/mol. The second kappa shape index (κ2) is 6.74. The van der Waals surface area contributed by atoms with Gasteiger partial charge in [0.25, 0.3) is 0 Å². The van der Waals surface area contributed by atoms with Crippen LogP contribution in [0, 0.1) is 0 Å². The highest BCUT2D eigenvalue weighted by molar-refractivity contribution is 6.30. The van der Waals surface area contributed by atoms with Crippen molar-refractivity contribution in [1.82, 2.24) is 5.32 Å². The molecule has 0 aromatic heterocycles. The highest BCUT2D eigenvalue weighted by Gasteiger charge is 2.10. The van der Waals surface area contributed by atoms with Gasteiger partial charge < -0.3 is 14.8 Å². The molecule has 0 bridgehead atoms. The molecular formula is C12H18ClNO2. The molecule has 0 saturated carbocycles. The minimum atomic E-state index is 0.190. The Hall–Kier alpha value is -0.770. The van der Waals surface area contributed by atoms with E-state index in [1.807, 2.05) is 32.2 Å². The summed E-state index contributed by atoms with van der Waals surface area (Å²) in [5.74, 6) is 0.805. The first-order chi connectivity index (χ1) is 7.69. The van der Waals surface area contributed by atoms with Gasteiger partial charge in [-0.25, -0.2) is 0 Å². The maximum absolute atomic E-state index is 5.96. The molecule has 90 valence electrons. The third kappa shape index (κ3) is 3.67. The maximum Gasteiger partial charge on any atom is 0.189 e. The van der Waals surface area contributed by atoms with Crippen molar-refractivity contribution < 1.29 is 9.47 Å². The molecule has 1 N–H and O–H groups in total. The van der Waals surface area contributed by atoms with Crippen LogP contribution in [0.3, 0.4) is 0 Å². The van der Waals surface area contributed by atoms with Crippen LogP contribution in [0.2, 0.25) is 5.02 Å². The average molecular weight is 244 g/mol. The summed E-state index contributed by atoms with van der Waals surface area (Å²) < 4.78 is 10.7. The number of rotatable bonds is 6. The van der Waals surface area contributed by atoms with Crippen LogP contribution in [0.4, 0.5) is 0 Å². The van der Waals surface area contributed by atoms with E-state index in [1.165, 1.54) is 0 Å². The number of benzene rings is 1. The van der Waals surface area contributed by atoms with E-state index in [0.717, 1.165) is 11.3 Å². The summed E-state index contributed by atoms with van der Waals surface area (Å²) in [6, 6.07) is 5.78. The summed E-state index contributed by atoms with van der Waals surface area (Å²) in [5, 5.41) is 3.87. The van der Waals surface area contributed by atoms with Crippen molar-refractivity contribution in [2.45, 2.75) is 19.9 Å². The fraction of sp³-hybridized carbons (Fsp3) is 0.500. The number of nitrogens with one attached hydrogen (secondary N) is 1. The van der Waals surface area contributed by atoms with Crippen LogP contribution in [-0.2, 0) is 4.74 Å². The largest absolute Gasteiger partial charge is 0.467 e. The SMILES string of the molecule is CCOCOc1ccc(Cl)cc1C(C)NC. The number of hydrogen-bond acceptors (Lipinski definition) is 3. The third-order valence-electron chi connectivity index (χ3n) is 2.37. The first kappa shape index (κ1) is 13.3. The minimum absolute atomic E-state index is 0.190. The lowest BCUT2D eigenvalue weighted by Crippen LogP contribution is -2.14. The van der Waals surface area contributed by atoms with Crippen molar-refractivity contribution in [1.29, 1.82) is 0 Å². The van der Waals surface area contributed by atoms with Gasteiger partial charge >= 0.3 is 0 Å². The van der Waals surface area contributed by atoms with Crippen molar-refractivity contribution in [2.24, 2.45) is 0 Å². The molecule has 16 heavy (non-hydrogen) atoms. The normalized spacial score (nSPS) is 12.5. The van der Waals surface area contributed by atoms with Gasteiger partial charge in [0.2, 0.25) is 0 Å². The Morgan fingerprint density at radius 3 is 2.81 bits per heavy atom. The van der Waals surface area contributed by atoms with Gasteiger partial charge in [-0.05, 0) is 39.1 Å². The van der Waals surface area contributed by atoms with Crippen molar-refractivity contribution >= 4 is 11.6 Å². The Labute approximate surface area is 102 Å². The molecule has 3 nitrogen and oxygen atoms in total. The van der Waals surface area contributed by atoms with E-state index in [1.54, 1.807) is 0 Å². The van der Waals surface area contributed by atoms with Crippen LogP contribution in [0.5, 0.6) is 5.75 Å². The van der Waals surface area contributed by atoms with Crippen molar-refractivity contribution in [3.63, 3.8) is 0 Å². The molecule has 0 heterocycles. The molecule has 0 aliphatic carbocycles. The maximum atomic E-state index is 5.96. The van der Waals surface area contributed by atoms with Crippen molar-refractivity contribution in [2.75, 3.05) is 20.4 Å². The zero-order valence-electron chi connectivity index (χ0n) is 9.92. The fourth-order valence-corrected chi connectivity index (χ4v) is 1.51. The van der Waals surface area contributed by atoms with Crippen molar-refractivity contribution in [3.8, 4) is 5.75 Å². The van der Waals surface area contributed by atoms with Gasteiger partial charge in [-0.1, -0.05) is 11.6 Å². The average Bonchev–Trinajstić information content (AvgIpc) is 2.30. The predicted octanol–water partition coefficient (Wildman–Crippen LogP) is 2.99. The summed E-state index contributed by atoms with van der Waals surface area (Å²) in [5.41, 5.74) is 1.04. The molecule has 1 atom stereocenters. The molecule has 0 fully saturated rings. The van der Waals surface area contributed by atoms with Gasteiger partial charge in [0.15, 0.2) is 6.79 Å². The van der Waals surface area contributed by atoms with Crippen molar-refractivity contribution in [3.05, 3.63) is 28.8 Å². The van der Waals surface area contributed by atoms with Crippen LogP contribution in [0.1, 0.15) is 25.5 Å². The Morgan fingerprint density at radius 1 is 1.44 bits per heavy atom. The molecule has 1 aromatic rings. The third-order valence-corrected chi connectivity index (χ3v) is 2.61. The molecule has 0 saturated heterocycles. The molecule has 0 aliphatic heterocycles. The van der Waals surface area contributed by atoms with E-state index < -0.39 is 0 Å². The summed E-state index contributed by atoms with van der Waals surface area (Å²) in [6.07, 6.45) is 0. The summed E-state index contributed by atoms with van der Waals surface area (Å²) in [6.45, 7) is 4.90. The van der Waals surface area contributed by atoms with Crippen LogP contribution in [-0.4, -0.2) is 20.4 Å². The van der Waals surface area contributed by atoms with E-state index in [2.05, 4.69) is 12.2 Å². The first-order valence-corrected chi connectivity index (χ1v) is 5.74. The van der Waals surface area contributed by atoms with Gasteiger partial charge in [-0.15, -0.1) is 0 Å². The molecule has 1 rings (SSSR count). The Bertz CT molecular complexity index is 331. The van der Waals surface area contributed by atoms with Crippen LogP contribution < -0.4 is 10.1 Å². The second-order valence-corrected chi connectivity index (χ2v) is 3.88. The van der Waals surface area contributed by atoms with E-state index in [-0.39, 0.29) is 12.8 Å². The highest BCUT2D eigenvalue weighted by Crippen LogP contribution is 2.28. The lowest BCUT2D eigenvalue weighted by molar-refractivity contribution is 0.0216. The molecule has 1 unspecified atom stereocenters. The van der Waals surface area contributed by atoms with Gasteiger partial charge in [0.05, 0.1) is 0 Å². The lowest BCUT2D eigenvalue weighted by Gasteiger charge is -2.16. The second-order valence-electron chi connectivity index (χ2n) is 3.45. The summed E-state index contributed by atoms with van der Waals surface area (Å²) in [7, 11) is 1.90. The van der Waals surface area contributed by atoms with Gasteiger partial charge in [-0.2, -0.15) is 0 Å². The van der Waals surface area contributed by atoms with E-state index in [4.69, 9.17) is 21.1 Å². The number of ether oxygens (including phenoxy) is 2. The summed E-state index contributed by atoms with van der Waals surface area (Å²) >= 11 is 5.96. The molecule has 0 radical (unpaired) electrons. The molecule has 0 spiro atoms. The Morgan fingerprint density at radius 2 is 2.19 bits per heavy atom. The molecule has 1 aromatic carbocycles. The van der Waals surface area contributed by atoms with Crippen LogP contribution in [0.25, 0.3) is 0 Å². The van der Waals surface area contributed by atoms with E-state index >= 15 is 0 Å².